The fraction of sp³-hybridized carbons (Fsp3) is 0.909. The third kappa shape index (κ3) is 2.69. The lowest BCUT2D eigenvalue weighted by Gasteiger charge is -2.29. The predicted octanol–water partition coefficient (Wildman–Crippen LogP) is 0.623. The van der Waals surface area contributed by atoms with Gasteiger partial charge >= 0.3 is 5.97 Å². The van der Waals surface area contributed by atoms with Gasteiger partial charge in [0.25, 0.3) is 0 Å². The number of nitrogens with one attached hydrogen (secondary N) is 1. The van der Waals surface area contributed by atoms with E-state index in [1.165, 1.54) is 7.11 Å². The zero-order valence-electron chi connectivity index (χ0n) is 10.0. The van der Waals surface area contributed by atoms with E-state index in [9.17, 15) is 4.79 Å². The highest BCUT2D eigenvalue weighted by atomic mass is 16.5. The number of likely N-dealkylation sites (tertiary alicyclic amines) is 1. The molecule has 0 radical (unpaired) electrons. The molecular formula is C11H22N2O2. The van der Waals surface area contributed by atoms with Crippen molar-refractivity contribution >= 4 is 5.97 Å². The van der Waals surface area contributed by atoms with E-state index in [0.717, 1.165) is 38.9 Å². The zero-order valence-corrected chi connectivity index (χ0v) is 10.0. The molecule has 0 aliphatic carbocycles. The molecule has 1 heterocycles. The molecule has 4 nitrogen and oxygen atoms in total. The minimum atomic E-state index is -0.460. The topological polar surface area (TPSA) is 41.6 Å². The molecule has 15 heavy (non-hydrogen) atoms. The minimum absolute atomic E-state index is 0.122. The molecule has 0 amide bonds. The summed E-state index contributed by atoms with van der Waals surface area (Å²) >= 11 is 0. The second-order valence-electron chi connectivity index (χ2n) is 4.11. The maximum atomic E-state index is 11.8. The summed E-state index contributed by atoms with van der Waals surface area (Å²) in [6, 6.07) is 0. The molecule has 88 valence electrons. The van der Waals surface area contributed by atoms with Crippen molar-refractivity contribution in [3.8, 4) is 0 Å². The maximum absolute atomic E-state index is 11.8. The van der Waals surface area contributed by atoms with Crippen molar-refractivity contribution in [1.29, 1.82) is 0 Å². The first-order chi connectivity index (χ1) is 7.18. The van der Waals surface area contributed by atoms with E-state index >= 15 is 0 Å². The lowest BCUT2D eigenvalue weighted by molar-refractivity contribution is -0.149. The number of carbonyl (C=O) groups excluding carboxylic acids is 1. The quantitative estimate of drug-likeness (QED) is 0.699. The highest BCUT2D eigenvalue weighted by Crippen LogP contribution is 2.23. The molecule has 0 saturated carbocycles. The number of rotatable bonds is 3. The summed E-state index contributed by atoms with van der Waals surface area (Å²) in [5.41, 5.74) is -0.460. The van der Waals surface area contributed by atoms with E-state index < -0.39 is 5.54 Å². The molecule has 1 saturated heterocycles. The summed E-state index contributed by atoms with van der Waals surface area (Å²) in [6.07, 6.45) is 2.75. The Morgan fingerprint density at radius 1 is 1.47 bits per heavy atom. The molecule has 0 bridgehead atoms. The Hall–Kier alpha value is -0.610. The second kappa shape index (κ2) is 5.47. The lowest BCUT2D eigenvalue weighted by atomic mass is 9.91. The number of nitrogens with zero attached hydrogens (tertiary/aromatic N) is 1. The number of esters is 1. The molecule has 0 spiro atoms. The van der Waals surface area contributed by atoms with Gasteiger partial charge in [-0.2, -0.15) is 0 Å². The van der Waals surface area contributed by atoms with E-state index in [1.54, 1.807) is 0 Å². The van der Waals surface area contributed by atoms with Crippen LogP contribution in [-0.4, -0.2) is 50.2 Å². The third-order valence-electron chi connectivity index (χ3n) is 3.43. The van der Waals surface area contributed by atoms with Crippen molar-refractivity contribution in [2.24, 2.45) is 0 Å². The molecule has 1 unspecified atom stereocenters. The monoisotopic (exact) mass is 214 g/mol. The first-order valence-electron chi connectivity index (χ1n) is 5.68. The Labute approximate surface area is 92.0 Å². The molecule has 1 atom stereocenters. The summed E-state index contributed by atoms with van der Waals surface area (Å²) < 4.78 is 4.89. The Morgan fingerprint density at radius 2 is 2.20 bits per heavy atom. The van der Waals surface area contributed by atoms with Gasteiger partial charge in [-0.05, 0) is 39.4 Å². The molecule has 4 heteroatoms. The fourth-order valence-corrected chi connectivity index (χ4v) is 2.26. The van der Waals surface area contributed by atoms with Gasteiger partial charge in [-0.3, -0.25) is 4.79 Å². The normalized spacial score (nSPS) is 28.5. The largest absolute Gasteiger partial charge is 0.468 e. The molecule has 0 aromatic rings. The predicted molar refractivity (Wildman–Crippen MR) is 59.8 cm³/mol. The van der Waals surface area contributed by atoms with Crippen LogP contribution in [0.15, 0.2) is 0 Å². The van der Waals surface area contributed by atoms with Crippen molar-refractivity contribution in [2.75, 3.05) is 33.8 Å². The number of hydrogen-bond acceptors (Lipinski definition) is 4. The van der Waals surface area contributed by atoms with E-state index in [1.807, 2.05) is 7.05 Å². The van der Waals surface area contributed by atoms with Crippen LogP contribution in [0.3, 0.4) is 0 Å². The van der Waals surface area contributed by atoms with Gasteiger partial charge in [0.2, 0.25) is 0 Å². The summed E-state index contributed by atoms with van der Waals surface area (Å²) in [6.45, 7) is 5.26. The summed E-state index contributed by atoms with van der Waals surface area (Å²) in [5, 5.41) is 3.15. The summed E-state index contributed by atoms with van der Waals surface area (Å²) in [4.78, 5) is 14.1. The van der Waals surface area contributed by atoms with Gasteiger partial charge in [0.05, 0.1) is 7.11 Å². The minimum Gasteiger partial charge on any atom is -0.468 e. The maximum Gasteiger partial charge on any atom is 0.326 e. The van der Waals surface area contributed by atoms with Crippen molar-refractivity contribution in [1.82, 2.24) is 10.2 Å². The van der Waals surface area contributed by atoms with Crippen LogP contribution in [0, 0.1) is 0 Å². The molecule has 1 aliphatic rings. The van der Waals surface area contributed by atoms with Crippen LogP contribution in [0.25, 0.3) is 0 Å². The van der Waals surface area contributed by atoms with Crippen LogP contribution in [-0.2, 0) is 9.53 Å². The number of likely N-dealkylation sites (N-methyl/N-ethyl adjacent to an activating group) is 1. The first-order valence-corrected chi connectivity index (χ1v) is 5.68. The van der Waals surface area contributed by atoms with Crippen LogP contribution < -0.4 is 5.32 Å². The van der Waals surface area contributed by atoms with Crippen LogP contribution in [0.4, 0.5) is 0 Å². The van der Waals surface area contributed by atoms with Gasteiger partial charge in [-0.1, -0.05) is 6.92 Å². The number of carbonyl (C=O) groups is 1. The van der Waals surface area contributed by atoms with Crippen molar-refractivity contribution in [3.05, 3.63) is 0 Å². The van der Waals surface area contributed by atoms with Crippen molar-refractivity contribution in [3.63, 3.8) is 0 Å². The van der Waals surface area contributed by atoms with Gasteiger partial charge < -0.3 is 15.0 Å². The van der Waals surface area contributed by atoms with Gasteiger partial charge in [0.15, 0.2) is 0 Å². The van der Waals surface area contributed by atoms with E-state index in [-0.39, 0.29) is 5.97 Å². The first kappa shape index (κ1) is 12.5. The molecular weight excluding hydrogens is 192 g/mol. The molecule has 1 aliphatic heterocycles. The Bertz CT molecular complexity index is 221. The summed E-state index contributed by atoms with van der Waals surface area (Å²) in [7, 11) is 3.31. The van der Waals surface area contributed by atoms with Gasteiger partial charge in [-0.25, -0.2) is 0 Å². The third-order valence-corrected chi connectivity index (χ3v) is 3.43. The highest BCUT2D eigenvalue weighted by Gasteiger charge is 2.39. The number of methoxy groups -OCH3 is 1. The van der Waals surface area contributed by atoms with E-state index in [2.05, 4.69) is 17.1 Å². The number of ether oxygens (including phenoxy) is 1. The van der Waals surface area contributed by atoms with E-state index in [4.69, 9.17) is 4.74 Å². The SMILES string of the molecule is CCN1CCCC(NC)(C(=O)OC)CC1. The van der Waals surface area contributed by atoms with Crippen molar-refractivity contribution in [2.45, 2.75) is 31.7 Å². The van der Waals surface area contributed by atoms with Gasteiger partial charge in [-0.15, -0.1) is 0 Å². The zero-order chi connectivity index (χ0) is 11.3. The van der Waals surface area contributed by atoms with Crippen molar-refractivity contribution < 1.29 is 9.53 Å². The fourth-order valence-electron chi connectivity index (χ4n) is 2.26. The van der Waals surface area contributed by atoms with E-state index in [0.29, 0.717) is 0 Å². The van der Waals surface area contributed by atoms with Gasteiger partial charge in [0.1, 0.15) is 5.54 Å². The molecule has 1 rings (SSSR count). The molecule has 1 N–H and O–H groups in total. The Morgan fingerprint density at radius 3 is 2.73 bits per heavy atom. The average molecular weight is 214 g/mol. The summed E-state index contributed by atoms with van der Waals surface area (Å²) in [5.74, 6) is -0.122. The number of hydrogen-bond donors (Lipinski definition) is 1. The van der Waals surface area contributed by atoms with Crippen LogP contribution in [0.1, 0.15) is 26.2 Å². The van der Waals surface area contributed by atoms with Crippen LogP contribution in [0.2, 0.25) is 0 Å². The molecule has 0 aromatic carbocycles. The second-order valence-corrected chi connectivity index (χ2v) is 4.11. The Balaban J connectivity index is 2.69. The molecule has 0 aromatic heterocycles. The van der Waals surface area contributed by atoms with Gasteiger partial charge in [0, 0.05) is 6.54 Å². The standard InChI is InChI=1S/C11H22N2O2/c1-4-13-8-5-6-11(12-2,7-9-13)10(14)15-3/h12H,4-9H2,1-3H3. The lowest BCUT2D eigenvalue weighted by Crippen LogP contribution is -2.51. The van der Waals surface area contributed by atoms with Crippen LogP contribution in [0.5, 0.6) is 0 Å². The highest BCUT2D eigenvalue weighted by molar-refractivity contribution is 5.80. The molecule has 1 fully saturated rings. The Kier molecular flexibility index (Phi) is 4.54. The van der Waals surface area contributed by atoms with Crippen LogP contribution >= 0.6 is 0 Å². The smallest absolute Gasteiger partial charge is 0.326 e. The average Bonchev–Trinajstić information content (AvgIpc) is 2.50.